The standard InChI is InChI=1S/C22H34OSi2/c1-8-17-9-13-20(14-10-17)25(6,7)23-24(4,5)16-18-11-12-19-15-21(18)22(19,2)3/h1,9-10,13-14,18-19,21H,11-12,15-16H2,2-7H3/t18?,19-,21-/m1/s1. The summed E-state index contributed by atoms with van der Waals surface area (Å²) >= 11 is 0. The first-order valence-corrected chi connectivity index (χ1v) is 15.8. The van der Waals surface area contributed by atoms with Gasteiger partial charge in [-0.05, 0) is 85.6 Å². The number of benzene rings is 1. The summed E-state index contributed by atoms with van der Waals surface area (Å²) in [5.74, 6) is 5.51. The molecule has 3 saturated carbocycles. The van der Waals surface area contributed by atoms with Gasteiger partial charge in [0, 0.05) is 5.56 Å². The average molecular weight is 371 g/mol. The molecule has 3 atom stereocenters. The zero-order valence-corrected chi connectivity index (χ0v) is 18.9. The molecule has 0 saturated heterocycles. The van der Waals surface area contributed by atoms with Crippen molar-refractivity contribution in [2.24, 2.45) is 23.2 Å². The lowest BCUT2D eigenvalue weighted by Crippen LogP contribution is -2.56. The monoisotopic (exact) mass is 370 g/mol. The summed E-state index contributed by atoms with van der Waals surface area (Å²) in [6.07, 6.45) is 9.82. The third kappa shape index (κ3) is 3.67. The van der Waals surface area contributed by atoms with Crippen LogP contribution in [0.5, 0.6) is 0 Å². The first-order chi connectivity index (χ1) is 11.5. The molecule has 136 valence electrons. The van der Waals surface area contributed by atoms with Crippen molar-refractivity contribution >= 4 is 21.8 Å². The molecule has 1 nitrogen and oxygen atoms in total. The molecule has 0 N–H and O–H groups in total. The second kappa shape index (κ2) is 6.41. The van der Waals surface area contributed by atoms with Crippen LogP contribution in [0.15, 0.2) is 24.3 Å². The van der Waals surface area contributed by atoms with Crippen LogP contribution in [0.1, 0.15) is 38.7 Å². The predicted octanol–water partition coefficient (Wildman–Crippen LogP) is 5.37. The minimum absolute atomic E-state index is 0.575. The summed E-state index contributed by atoms with van der Waals surface area (Å²) in [6, 6.07) is 9.81. The van der Waals surface area contributed by atoms with Gasteiger partial charge in [-0.15, -0.1) is 6.42 Å². The zero-order chi connectivity index (χ0) is 18.5. The third-order valence-electron chi connectivity index (χ3n) is 7.03. The van der Waals surface area contributed by atoms with Crippen molar-refractivity contribution in [3.8, 4) is 12.3 Å². The molecule has 0 amide bonds. The average Bonchev–Trinajstić information content (AvgIpc) is 2.53. The molecule has 1 aromatic carbocycles. The molecule has 4 rings (SSSR count). The fourth-order valence-electron chi connectivity index (χ4n) is 5.60. The van der Waals surface area contributed by atoms with Crippen LogP contribution < -0.4 is 5.19 Å². The highest BCUT2D eigenvalue weighted by Gasteiger charge is 2.55. The molecule has 3 aliphatic rings. The van der Waals surface area contributed by atoms with Gasteiger partial charge < -0.3 is 4.12 Å². The molecule has 0 aliphatic heterocycles. The van der Waals surface area contributed by atoms with Crippen LogP contribution in [0.4, 0.5) is 0 Å². The number of hydrogen-bond donors (Lipinski definition) is 0. The number of hydrogen-bond acceptors (Lipinski definition) is 1. The first-order valence-electron chi connectivity index (χ1n) is 9.82. The quantitative estimate of drug-likeness (QED) is 0.500. The van der Waals surface area contributed by atoms with Crippen LogP contribution in [-0.2, 0) is 4.12 Å². The fourth-order valence-corrected chi connectivity index (χ4v) is 14.6. The summed E-state index contributed by atoms with van der Waals surface area (Å²) in [7, 11) is -3.58. The van der Waals surface area contributed by atoms with Crippen LogP contribution in [0.3, 0.4) is 0 Å². The largest absolute Gasteiger partial charge is 0.452 e. The van der Waals surface area contributed by atoms with Crippen molar-refractivity contribution in [3.05, 3.63) is 29.8 Å². The van der Waals surface area contributed by atoms with E-state index in [-0.39, 0.29) is 0 Å². The normalized spacial score (nSPS) is 28.1. The molecular weight excluding hydrogens is 336 g/mol. The van der Waals surface area contributed by atoms with Gasteiger partial charge in [0.25, 0.3) is 0 Å². The van der Waals surface area contributed by atoms with Crippen LogP contribution in [0, 0.1) is 35.5 Å². The molecule has 0 aromatic heterocycles. The van der Waals surface area contributed by atoms with Gasteiger partial charge in [-0.1, -0.05) is 38.3 Å². The van der Waals surface area contributed by atoms with Crippen LogP contribution in [0.25, 0.3) is 0 Å². The Bertz CT molecular complexity index is 664. The lowest BCUT2D eigenvalue weighted by Gasteiger charge is -2.61. The fraction of sp³-hybridized carbons (Fsp3) is 0.636. The second-order valence-electron chi connectivity index (χ2n) is 10.00. The predicted molar refractivity (Wildman–Crippen MR) is 113 cm³/mol. The Kier molecular flexibility index (Phi) is 4.86. The maximum Gasteiger partial charge on any atom is 0.205 e. The summed E-state index contributed by atoms with van der Waals surface area (Å²) in [5, 5.41) is 1.36. The van der Waals surface area contributed by atoms with Crippen molar-refractivity contribution in [1.82, 2.24) is 0 Å². The van der Waals surface area contributed by atoms with Crippen LogP contribution in [-0.4, -0.2) is 16.6 Å². The summed E-state index contributed by atoms with van der Waals surface area (Å²) in [5.41, 5.74) is 1.53. The van der Waals surface area contributed by atoms with Gasteiger partial charge >= 0.3 is 0 Å². The van der Waals surface area contributed by atoms with E-state index < -0.39 is 16.6 Å². The van der Waals surface area contributed by atoms with Gasteiger partial charge in [0.05, 0.1) is 0 Å². The van der Waals surface area contributed by atoms with Gasteiger partial charge in [-0.3, -0.25) is 0 Å². The molecule has 3 fully saturated rings. The third-order valence-corrected chi connectivity index (χ3v) is 14.5. The summed E-state index contributed by atoms with van der Waals surface area (Å²) in [4.78, 5) is 0. The van der Waals surface area contributed by atoms with E-state index in [2.05, 4.69) is 70.2 Å². The molecule has 3 heteroatoms. The Balaban J connectivity index is 1.68. The highest BCUT2D eigenvalue weighted by atomic mass is 28.4. The van der Waals surface area contributed by atoms with Gasteiger partial charge in [-0.2, -0.15) is 0 Å². The molecule has 2 bridgehead atoms. The highest BCUT2D eigenvalue weighted by molar-refractivity contribution is 6.92. The Morgan fingerprint density at radius 1 is 1.12 bits per heavy atom. The maximum atomic E-state index is 6.95. The van der Waals surface area contributed by atoms with E-state index in [1.54, 1.807) is 0 Å². The number of rotatable bonds is 5. The van der Waals surface area contributed by atoms with E-state index in [0.29, 0.717) is 5.41 Å². The van der Waals surface area contributed by atoms with Crippen LogP contribution in [0.2, 0.25) is 32.2 Å². The molecule has 25 heavy (non-hydrogen) atoms. The Hall–Kier alpha value is -0.826. The summed E-state index contributed by atoms with van der Waals surface area (Å²) < 4.78 is 6.95. The van der Waals surface area contributed by atoms with Crippen molar-refractivity contribution in [2.75, 3.05) is 0 Å². The van der Waals surface area contributed by atoms with Gasteiger partial charge in [-0.25, -0.2) is 0 Å². The van der Waals surface area contributed by atoms with Gasteiger partial charge in [0.2, 0.25) is 8.32 Å². The van der Waals surface area contributed by atoms with Crippen molar-refractivity contribution < 1.29 is 4.12 Å². The van der Waals surface area contributed by atoms with Crippen LogP contribution >= 0.6 is 0 Å². The van der Waals surface area contributed by atoms with Crippen molar-refractivity contribution in [1.29, 1.82) is 0 Å². The van der Waals surface area contributed by atoms with Gasteiger partial charge in [0.15, 0.2) is 8.32 Å². The van der Waals surface area contributed by atoms with E-state index >= 15 is 0 Å². The molecule has 0 heterocycles. The van der Waals surface area contributed by atoms with E-state index in [9.17, 15) is 0 Å². The van der Waals surface area contributed by atoms with Crippen molar-refractivity contribution in [3.63, 3.8) is 0 Å². The minimum Gasteiger partial charge on any atom is -0.452 e. The Labute approximate surface area is 156 Å². The molecular formula is C22H34OSi2. The van der Waals surface area contributed by atoms with Crippen molar-refractivity contribution in [2.45, 2.75) is 65.3 Å². The number of fused-ring (bicyclic) bond motifs is 2. The number of terminal acetylenes is 1. The lowest BCUT2D eigenvalue weighted by atomic mass is 9.46. The Morgan fingerprint density at radius 3 is 2.28 bits per heavy atom. The second-order valence-corrected chi connectivity index (χ2v) is 18.3. The Morgan fingerprint density at radius 2 is 1.76 bits per heavy atom. The van der Waals surface area contributed by atoms with E-state index in [1.807, 2.05) is 0 Å². The topological polar surface area (TPSA) is 9.23 Å². The smallest absolute Gasteiger partial charge is 0.205 e. The summed E-state index contributed by atoms with van der Waals surface area (Å²) in [6.45, 7) is 14.6. The van der Waals surface area contributed by atoms with E-state index in [1.165, 1.54) is 30.5 Å². The minimum atomic E-state index is -1.89. The van der Waals surface area contributed by atoms with E-state index in [0.717, 1.165) is 23.3 Å². The molecule has 1 unspecified atom stereocenters. The molecule has 1 aromatic rings. The first kappa shape index (κ1) is 18.9. The lowest BCUT2D eigenvalue weighted by molar-refractivity contribution is -0.0995. The SMILES string of the molecule is C#Cc1ccc([Si](C)(C)O[Si](C)(C)CC2CC[C@@H]3C[C@H]2C3(C)C)cc1. The molecule has 0 spiro atoms. The van der Waals surface area contributed by atoms with E-state index in [4.69, 9.17) is 10.5 Å². The molecule has 0 radical (unpaired) electrons. The maximum absolute atomic E-state index is 6.95. The highest BCUT2D eigenvalue weighted by Crippen LogP contribution is 2.62. The zero-order valence-electron chi connectivity index (χ0n) is 16.9. The molecule has 3 aliphatic carbocycles. The van der Waals surface area contributed by atoms with Gasteiger partial charge in [0.1, 0.15) is 0 Å².